The number of urea groups is 1. The number of aromatic nitrogens is 2. The molecule has 1 aliphatic rings. The van der Waals surface area contributed by atoms with Gasteiger partial charge in [0.05, 0.1) is 18.5 Å². The smallest absolute Gasteiger partial charge is 0.326 e. The van der Waals surface area contributed by atoms with Crippen molar-refractivity contribution in [3.05, 3.63) is 18.2 Å². The minimum absolute atomic E-state index is 0.00775. The van der Waals surface area contributed by atoms with Crippen molar-refractivity contribution >= 4 is 12.0 Å². The molecular weight excluding hydrogens is 276 g/mol. The summed E-state index contributed by atoms with van der Waals surface area (Å²) in [6, 6.07) is -1.68. The molecule has 0 bridgehead atoms. The van der Waals surface area contributed by atoms with Gasteiger partial charge in [0.2, 0.25) is 0 Å². The minimum atomic E-state index is -1.09. The number of hydrogen-bond acceptors (Lipinski definition) is 4. The maximum atomic E-state index is 11.9. The van der Waals surface area contributed by atoms with E-state index in [1.165, 1.54) is 12.5 Å². The lowest BCUT2D eigenvalue weighted by molar-refractivity contribution is -0.139. The summed E-state index contributed by atoms with van der Waals surface area (Å²) in [6.07, 6.45) is 5.02. The van der Waals surface area contributed by atoms with Crippen LogP contribution in [0.1, 0.15) is 25.5 Å². The normalized spacial score (nSPS) is 20.7. The summed E-state index contributed by atoms with van der Waals surface area (Å²) in [5, 5.41) is 14.3. The van der Waals surface area contributed by atoms with Gasteiger partial charge in [-0.05, 0) is 19.8 Å². The quantitative estimate of drug-likeness (QED) is 0.601. The highest BCUT2D eigenvalue weighted by Crippen LogP contribution is 2.15. The van der Waals surface area contributed by atoms with Crippen LogP contribution in [0, 0.1) is 0 Å². The summed E-state index contributed by atoms with van der Waals surface area (Å²) in [4.78, 5) is 29.7. The number of imidazole rings is 1. The van der Waals surface area contributed by atoms with Crippen molar-refractivity contribution in [1.29, 1.82) is 0 Å². The van der Waals surface area contributed by atoms with Crippen molar-refractivity contribution in [1.82, 2.24) is 20.6 Å². The second-order valence-corrected chi connectivity index (χ2v) is 5.13. The van der Waals surface area contributed by atoms with Gasteiger partial charge in [0.1, 0.15) is 6.04 Å². The van der Waals surface area contributed by atoms with Crippen molar-refractivity contribution in [3.8, 4) is 0 Å². The number of aliphatic carboxylic acids is 1. The largest absolute Gasteiger partial charge is 0.480 e. The van der Waals surface area contributed by atoms with Crippen LogP contribution < -0.4 is 10.6 Å². The molecule has 1 fully saturated rings. The third kappa shape index (κ3) is 4.45. The first-order valence-corrected chi connectivity index (χ1v) is 6.95. The van der Waals surface area contributed by atoms with Crippen LogP contribution >= 0.6 is 0 Å². The Morgan fingerprint density at radius 1 is 1.57 bits per heavy atom. The highest BCUT2D eigenvalue weighted by Gasteiger charge is 2.26. The van der Waals surface area contributed by atoms with Gasteiger partial charge >= 0.3 is 12.0 Å². The van der Waals surface area contributed by atoms with Crippen LogP contribution in [-0.4, -0.2) is 51.9 Å². The molecule has 1 aromatic rings. The maximum absolute atomic E-state index is 11.9. The molecule has 2 rings (SSSR count). The Bertz CT molecular complexity index is 471. The predicted octanol–water partition coefficient (Wildman–Crippen LogP) is 0.272. The van der Waals surface area contributed by atoms with Crippen molar-refractivity contribution in [2.24, 2.45) is 0 Å². The van der Waals surface area contributed by atoms with Gasteiger partial charge in [-0.25, -0.2) is 14.6 Å². The summed E-state index contributed by atoms with van der Waals surface area (Å²) >= 11 is 0. The number of amides is 2. The van der Waals surface area contributed by atoms with E-state index in [-0.39, 0.29) is 18.6 Å². The third-order valence-corrected chi connectivity index (χ3v) is 3.46. The van der Waals surface area contributed by atoms with Crippen molar-refractivity contribution in [3.63, 3.8) is 0 Å². The average Bonchev–Trinajstić information content (AvgIpc) is 3.10. The van der Waals surface area contributed by atoms with E-state index in [1.807, 2.05) is 6.92 Å². The number of carbonyl (C=O) groups is 2. The fraction of sp³-hybridized carbons (Fsp3) is 0.615. The molecule has 1 aliphatic heterocycles. The van der Waals surface area contributed by atoms with Crippen LogP contribution in [0.3, 0.4) is 0 Å². The van der Waals surface area contributed by atoms with Gasteiger partial charge in [0, 0.05) is 24.9 Å². The van der Waals surface area contributed by atoms with E-state index in [9.17, 15) is 9.59 Å². The lowest BCUT2D eigenvalue weighted by atomic mass is 10.1. The van der Waals surface area contributed by atoms with Gasteiger partial charge in [0.25, 0.3) is 0 Å². The third-order valence-electron chi connectivity index (χ3n) is 3.46. The van der Waals surface area contributed by atoms with Crippen LogP contribution in [0.4, 0.5) is 4.79 Å². The summed E-state index contributed by atoms with van der Waals surface area (Å²) in [6.45, 7) is 2.55. The molecule has 1 aromatic heterocycles. The molecule has 116 valence electrons. The summed E-state index contributed by atoms with van der Waals surface area (Å²) in [5.41, 5.74) is 0.648. The maximum Gasteiger partial charge on any atom is 0.326 e. The van der Waals surface area contributed by atoms with E-state index in [1.54, 1.807) is 0 Å². The Morgan fingerprint density at radius 3 is 2.95 bits per heavy atom. The number of nitrogens with one attached hydrogen (secondary N) is 3. The Hall–Kier alpha value is -2.09. The molecule has 0 aromatic carbocycles. The van der Waals surface area contributed by atoms with Gasteiger partial charge in [-0.1, -0.05) is 0 Å². The molecule has 8 nitrogen and oxygen atoms in total. The van der Waals surface area contributed by atoms with Crippen LogP contribution in [0.5, 0.6) is 0 Å². The van der Waals surface area contributed by atoms with E-state index in [2.05, 4.69) is 20.6 Å². The number of hydrogen-bond donors (Lipinski definition) is 4. The Morgan fingerprint density at radius 2 is 2.38 bits per heavy atom. The zero-order valence-corrected chi connectivity index (χ0v) is 11.8. The van der Waals surface area contributed by atoms with Gasteiger partial charge in [0.15, 0.2) is 0 Å². The van der Waals surface area contributed by atoms with Gasteiger partial charge < -0.3 is 25.5 Å². The monoisotopic (exact) mass is 296 g/mol. The molecule has 0 aliphatic carbocycles. The van der Waals surface area contributed by atoms with E-state index < -0.39 is 18.0 Å². The fourth-order valence-electron chi connectivity index (χ4n) is 2.31. The highest BCUT2D eigenvalue weighted by atomic mass is 16.5. The van der Waals surface area contributed by atoms with Crippen molar-refractivity contribution in [2.45, 2.75) is 44.4 Å². The first-order chi connectivity index (χ1) is 10.1. The summed E-state index contributed by atoms with van der Waals surface area (Å²) in [7, 11) is 0. The molecule has 0 radical (unpaired) electrons. The summed E-state index contributed by atoms with van der Waals surface area (Å²) < 4.78 is 5.48. The molecule has 8 heteroatoms. The second-order valence-electron chi connectivity index (χ2n) is 5.13. The number of carboxylic acid groups (broad SMARTS) is 1. The van der Waals surface area contributed by atoms with Crippen LogP contribution in [0.25, 0.3) is 0 Å². The molecule has 3 atom stereocenters. The van der Waals surface area contributed by atoms with Crippen LogP contribution in [-0.2, 0) is 16.0 Å². The fourth-order valence-corrected chi connectivity index (χ4v) is 2.31. The molecule has 4 N–H and O–H groups in total. The Balaban J connectivity index is 1.84. The summed E-state index contributed by atoms with van der Waals surface area (Å²) in [5.74, 6) is -1.09. The molecule has 0 saturated carbocycles. The van der Waals surface area contributed by atoms with Gasteiger partial charge in [-0.2, -0.15) is 0 Å². The molecule has 2 amide bonds. The van der Waals surface area contributed by atoms with E-state index in [0.717, 1.165) is 12.8 Å². The SMILES string of the molecule is CC(NC(=O)N[C@@H](Cc1cnc[nH]1)C(=O)O)C1CCCO1. The average molecular weight is 296 g/mol. The minimum Gasteiger partial charge on any atom is -0.480 e. The molecule has 2 unspecified atom stereocenters. The molecular formula is C13H20N4O4. The van der Waals surface area contributed by atoms with Crippen molar-refractivity contribution < 1.29 is 19.4 Å². The van der Waals surface area contributed by atoms with Gasteiger partial charge in [-0.15, -0.1) is 0 Å². The molecule has 21 heavy (non-hydrogen) atoms. The Kier molecular flexibility index (Phi) is 5.15. The number of rotatable bonds is 6. The number of nitrogens with zero attached hydrogens (tertiary/aromatic N) is 1. The molecule has 1 saturated heterocycles. The zero-order chi connectivity index (χ0) is 15.2. The first kappa shape index (κ1) is 15.3. The van der Waals surface area contributed by atoms with E-state index in [0.29, 0.717) is 12.3 Å². The highest BCUT2D eigenvalue weighted by molar-refractivity contribution is 5.82. The number of carbonyl (C=O) groups excluding carboxylic acids is 1. The lowest BCUT2D eigenvalue weighted by Gasteiger charge is -2.21. The van der Waals surface area contributed by atoms with Gasteiger partial charge in [-0.3, -0.25) is 0 Å². The number of aromatic amines is 1. The lowest BCUT2D eigenvalue weighted by Crippen LogP contribution is -2.51. The van der Waals surface area contributed by atoms with E-state index in [4.69, 9.17) is 9.84 Å². The number of ether oxygens (including phenoxy) is 1. The standard InChI is InChI=1S/C13H20N4O4/c1-8(11-3-2-4-21-11)16-13(20)17-10(12(18)19)5-9-6-14-7-15-9/h6-8,10-11H,2-5H2,1H3,(H,14,15)(H,18,19)(H2,16,17,20)/t8?,10-,11?/m0/s1. The molecule has 2 heterocycles. The van der Waals surface area contributed by atoms with Crippen molar-refractivity contribution in [2.75, 3.05) is 6.61 Å². The topological polar surface area (TPSA) is 116 Å². The Labute approximate surface area is 122 Å². The van der Waals surface area contributed by atoms with Crippen LogP contribution in [0.2, 0.25) is 0 Å². The predicted molar refractivity (Wildman–Crippen MR) is 73.8 cm³/mol. The number of H-pyrrole nitrogens is 1. The van der Waals surface area contributed by atoms with Crippen LogP contribution in [0.15, 0.2) is 12.5 Å². The van der Waals surface area contributed by atoms with E-state index >= 15 is 0 Å². The second kappa shape index (κ2) is 7.07. The zero-order valence-electron chi connectivity index (χ0n) is 11.8. The number of carboxylic acids is 1. The molecule has 0 spiro atoms. The first-order valence-electron chi connectivity index (χ1n) is 6.95.